The van der Waals surface area contributed by atoms with Crippen molar-refractivity contribution >= 4 is 11.5 Å². The lowest BCUT2D eigenvalue weighted by Gasteiger charge is -2.05. The average Bonchev–Trinajstić information content (AvgIpc) is 2.77. The molecular weight excluding hydrogens is 206 g/mol. The molecule has 0 aliphatic rings. The number of tetrazole rings is 1. The van der Waals surface area contributed by atoms with E-state index in [1.54, 1.807) is 16.9 Å². The SMILES string of the molecule is NCCCCCNc1cncc2nnnn12. The number of nitrogens with zero attached hydrogens (tertiary/aromatic N) is 5. The molecule has 0 aliphatic heterocycles. The molecule has 0 amide bonds. The Morgan fingerprint density at radius 1 is 1.25 bits per heavy atom. The highest BCUT2D eigenvalue weighted by atomic mass is 15.5. The second-order valence-electron chi connectivity index (χ2n) is 3.52. The number of rotatable bonds is 6. The first-order valence-corrected chi connectivity index (χ1v) is 5.38. The van der Waals surface area contributed by atoms with Gasteiger partial charge in [0.2, 0.25) is 0 Å². The number of unbranched alkanes of at least 4 members (excludes halogenated alkanes) is 2. The Balaban J connectivity index is 1.91. The van der Waals surface area contributed by atoms with Gasteiger partial charge in [-0.15, -0.1) is 5.10 Å². The van der Waals surface area contributed by atoms with Crippen molar-refractivity contribution in [2.24, 2.45) is 5.73 Å². The van der Waals surface area contributed by atoms with Gasteiger partial charge in [0.1, 0.15) is 5.82 Å². The van der Waals surface area contributed by atoms with Gasteiger partial charge >= 0.3 is 0 Å². The van der Waals surface area contributed by atoms with Gasteiger partial charge in [-0.3, -0.25) is 4.98 Å². The van der Waals surface area contributed by atoms with E-state index < -0.39 is 0 Å². The van der Waals surface area contributed by atoms with Crippen molar-refractivity contribution in [2.75, 3.05) is 18.4 Å². The Morgan fingerprint density at radius 3 is 3.06 bits per heavy atom. The first kappa shape index (κ1) is 10.7. The highest BCUT2D eigenvalue weighted by Crippen LogP contribution is 2.06. The van der Waals surface area contributed by atoms with Gasteiger partial charge in [0, 0.05) is 6.54 Å². The third-order valence-corrected chi connectivity index (χ3v) is 2.30. The molecule has 0 saturated heterocycles. The molecule has 0 spiro atoms. The standard InChI is InChI=1S/C9H15N7/c10-4-2-1-3-5-12-8-6-11-7-9-13-14-15-16(8)9/h6-7,12H,1-5,10H2. The van der Waals surface area contributed by atoms with Gasteiger partial charge in [-0.05, 0) is 29.8 Å². The van der Waals surface area contributed by atoms with Crippen molar-refractivity contribution in [3.05, 3.63) is 12.4 Å². The molecular formula is C9H15N7. The van der Waals surface area contributed by atoms with E-state index >= 15 is 0 Å². The summed E-state index contributed by atoms with van der Waals surface area (Å²) in [5.41, 5.74) is 6.07. The van der Waals surface area contributed by atoms with Crippen molar-refractivity contribution in [3.8, 4) is 0 Å². The van der Waals surface area contributed by atoms with E-state index in [9.17, 15) is 0 Å². The Labute approximate surface area is 93.0 Å². The van der Waals surface area contributed by atoms with E-state index in [2.05, 4.69) is 25.8 Å². The molecule has 0 aliphatic carbocycles. The summed E-state index contributed by atoms with van der Waals surface area (Å²) >= 11 is 0. The molecule has 86 valence electrons. The lowest BCUT2D eigenvalue weighted by atomic mass is 10.2. The lowest BCUT2D eigenvalue weighted by molar-refractivity contribution is 0.703. The van der Waals surface area contributed by atoms with E-state index in [0.717, 1.165) is 38.2 Å². The molecule has 0 aromatic carbocycles. The first-order chi connectivity index (χ1) is 7.92. The smallest absolute Gasteiger partial charge is 0.199 e. The number of nitrogens with two attached hydrogens (primary N) is 1. The minimum atomic E-state index is 0.645. The summed E-state index contributed by atoms with van der Waals surface area (Å²) in [6.45, 7) is 1.63. The number of fused-ring (bicyclic) bond motifs is 1. The molecule has 2 aromatic rings. The molecule has 2 rings (SSSR count). The second-order valence-corrected chi connectivity index (χ2v) is 3.52. The van der Waals surface area contributed by atoms with Crippen LogP contribution in [0.25, 0.3) is 5.65 Å². The molecule has 16 heavy (non-hydrogen) atoms. The van der Waals surface area contributed by atoms with Crippen molar-refractivity contribution in [3.63, 3.8) is 0 Å². The fraction of sp³-hybridized carbons (Fsp3) is 0.556. The summed E-state index contributed by atoms with van der Waals surface area (Å²) < 4.78 is 1.63. The van der Waals surface area contributed by atoms with Crippen LogP contribution in [-0.2, 0) is 0 Å². The summed E-state index contributed by atoms with van der Waals surface area (Å²) in [5.74, 6) is 0.815. The highest BCUT2D eigenvalue weighted by Gasteiger charge is 2.02. The third-order valence-electron chi connectivity index (χ3n) is 2.30. The van der Waals surface area contributed by atoms with Crippen LogP contribution in [0, 0.1) is 0 Å². The van der Waals surface area contributed by atoms with Crippen LogP contribution in [0.1, 0.15) is 19.3 Å². The Kier molecular flexibility index (Phi) is 3.60. The number of aromatic nitrogens is 5. The minimum absolute atomic E-state index is 0.645. The van der Waals surface area contributed by atoms with Crippen molar-refractivity contribution < 1.29 is 0 Å². The molecule has 0 fully saturated rings. The van der Waals surface area contributed by atoms with E-state index in [0.29, 0.717) is 5.65 Å². The quantitative estimate of drug-likeness (QED) is 0.670. The van der Waals surface area contributed by atoms with Crippen LogP contribution in [0.5, 0.6) is 0 Å². The van der Waals surface area contributed by atoms with Crippen LogP contribution in [0.2, 0.25) is 0 Å². The van der Waals surface area contributed by atoms with Gasteiger partial charge in [0.25, 0.3) is 0 Å². The van der Waals surface area contributed by atoms with E-state index in [1.807, 2.05) is 0 Å². The molecule has 7 heteroatoms. The predicted molar refractivity (Wildman–Crippen MR) is 60.0 cm³/mol. The van der Waals surface area contributed by atoms with Crippen molar-refractivity contribution in [1.82, 2.24) is 25.0 Å². The van der Waals surface area contributed by atoms with E-state index in [1.165, 1.54) is 0 Å². The second kappa shape index (κ2) is 5.36. The summed E-state index contributed by atoms with van der Waals surface area (Å²) in [6.07, 6.45) is 6.61. The maximum Gasteiger partial charge on any atom is 0.199 e. The Morgan fingerprint density at radius 2 is 2.19 bits per heavy atom. The summed E-state index contributed by atoms with van der Waals surface area (Å²) in [6, 6.07) is 0. The van der Waals surface area contributed by atoms with Gasteiger partial charge in [-0.2, -0.15) is 4.52 Å². The van der Waals surface area contributed by atoms with E-state index in [-0.39, 0.29) is 0 Å². The molecule has 0 atom stereocenters. The van der Waals surface area contributed by atoms with Crippen LogP contribution >= 0.6 is 0 Å². The van der Waals surface area contributed by atoms with Crippen LogP contribution < -0.4 is 11.1 Å². The van der Waals surface area contributed by atoms with E-state index in [4.69, 9.17) is 5.73 Å². The summed E-state index contributed by atoms with van der Waals surface area (Å²) in [4.78, 5) is 4.05. The maximum atomic E-state index is 5.42. The molecule has 0 bridgehead atoms. The summed E-state index contributed by atoms with van der Waals surface area (Å²) in [5, 5.41) is 14.5. The third kappa shape index (κ3) is 2.43. The highest BCUT2D eigenvalue weighted by molar-refractivity contribution is 5.43. The zero-order chi connectivity index (χ0) is 11.2. The van der Waals surface area contributed by atoms with Gasteiger partial charge in [-0.1, -0.05) is 6.42 Å². The fourth-order valence-electron chi connectivity index (χ4n) is 1.46. The number of hydrogen-bond acceptors (Lipinski definition) is 6. The first-order valence-electron chi connectivity index (χ1n) is 5.38. The lowest BCUT2D eigenvalue weighted by Crippen LogP contribution is -2.08. The maximum absolute atomic E-state index is 5.42. The van der Waals surface area contributed by atoms with Crippen LogP contribution in [0.3, 0.4) is 0 Å². The van der Waals surface area contributed by atoms with Gasteiger partial charge in [0.05, 0.1) is 12.4 Å². The normalized spacial score (nSPS) is 10.8. The number of hydrogen-bond donors (Lipinski definition) is 2. The van der Waals surface area contributed by atoms with Crippen molar-refractivity contribution in [1.29, 1.82) is 0 Å². The predicted octanol–water partition coefficient (Wildman–Crippen LogP) is 0.0602. The number of anilines is 1. The zero-order valence-electron chi connectivity index (χ0n) is 9.00. The fourth-order valence-corrected chi connectivity index (χ4v) is 1.46. The van der Waals surface area contributed by atoms with Gasteiger partial charge < -0.3 is 11.1 Å². The molecule has 3 N–H and O–H groups in total. The van der Waals surface area contributed by atoms with Crippen LogP contribution in [-0.4, -0.2) is 38.1 Å². The topological polar surface area (TPSA) is 94.0 Å². The molecule has 2 aromatic heterocycles. The number of nitrogens with one attached hydrogen (secondary N) is 1. The molecule has 0 unspecified atom stereocenters. The summed E-state index contributed by atoms with van der Waals surface area (Å²) in [7, 11) is 0. The van der Waals surface area contributed by atoms with Crippen molar-refractivity contribution in [2.45, 2.75) is 19.3 Å². The average molecular weight is 221 g/mol. The monoisotopic (exact) mass is 221 g/mol. The molecule has 0 saturated carbocycles. The van der Waals surface area contributed by atoms with Gasteiger partial charge in [0.15, 0.2) is 5.65 Å². The largest absolute Gasteiger partial charge is 0.369 e. The minimum Gasteiger partial charge on any atom is -0.369 e. The molecule has 7 nitrogen and oxygen atoms in total. The van der Waals surface area contributed by atoms with Crippen LogP contribution in [0.15, 0.2) is 12.4 Å². The molecule has 0 radical (unpaired) electrons. The zero-order valence-corrected chi connectivity index (χ0v) is 9.00. The molecule has 2 heterocycles. The van der Waals surface area contributed by atoms with Gasteiger partial charge in [-0.25, -0.2) is 0 Å². The Bertz CT molecular complexity index is 438. The Hall–Kier alpha value is -1.76. The van der Waals surface area contributed by atoms with Crippen LogP contribution in [0.4, 0.5) is 5.82 Å².